The average Bonchev–Trinajstić information content (AvgIpc) is 2.61. The largest absolute Gasteiger partial charge is 0.494 e. The molecule has 0 radical (unpaired) electrons. The summed E-state index contributed by atoms with van der Waals surface area (Å²) in [5.41, 5.74) is 3.93. The molecule has 0 bridgehead atoms. The first-order valence-corrected chi connectivity index (χ1v) is 8.07. The van der Waals surface area contributed by atoms with E-state index in [2.05, 4.69) is 15.8 Å². The molecule has 0 aromatic heterocycles. The molecule has 2 amide bonds. The molecule has 2 rings (SSSR count). The summed E-state index contributed by atoms with van der Waals surface area (Å²) in [6.45, 7) is 2.50. The summed E-state index contributed by atoms with van der Waals surface area (Å²) >= 11 is 0. The van der Waals surface area contributed by atoms with Gasteiger partial charge in [-0.15, -0.1) is 0 Å². The molecule has 0 saturated carbocycles. The number of hydrazone groups is 1. The van der Waals surface area contributed by atoms with Crippen LogP contribution < -0.4 is 15.5 Å². The number of nitrogens with zero attached hydrogens (tertiary/aromatic N) is 1. The molecule has 0 aliphatic rings. The van der Waals surface area contributed by atoms with Crippen LogP contribution in [0.15, 0.2) is 59.7 Å². The molecule has 0 fully saturated rings. The highest BCUT2D eigenvalue weighted by Gasteiger charge is 2.06. The van der Waals surface area contributed by atoms with Gasteiger partial charge in [0.25, 0.3) is 0 Å². The Labute approximate surface area is 146 Å². The summed E-state index contributed by atoms with van der Waals surface area (Å²) in [6.07, 6.45) is 1.69. The Kier molecular flexibility index (Phi) is 7.18. The van der Waals surface area contributed by atoms with Gasteiger partial charge in [0.15, 0.2) is 0 Å². The highest BCUT2D eigenvalue weighted by molar-refractivity contribution is 5.93. The molecule has 0 aliphatic carbocycles. The maximum Gasteiger partial charge on any atom is 0.240 e. The number of nitrogens with one attached hydrogen (secondary N) is 2. The molecule has 6 heteroatoms. The van der Waals surface area contributed by atoms with E-state index in [1.54, 1.807) is 12.1 Å². The molecule has 130 valence electrons. The van der Waals surface area contributed by atoms with Crippen LogP contribution in [0.3, 0.4) is 0 Å². The van der Waals surface area contributed by atoms with Crippen LogP contribution in [0.2, 0.25) is 0 Å². The summed E-state index contributed by atoms with van der Waals surface area (Å²) in [5, 5.41) is 6.62. The van der Waals surface area contributed by atoms with Crippen molar-refractivity contribution in [3.63, 3.8) is 0 Å². The fourth-order valence-corrected chi connectivity index (χ4v) is 2.06. The maximum absolute atomic E-state index is 11.8. The van der Waals surface area contributed by atoms with Crippen LogP contribution in [-0.4, -0.2) is 24.6 Å². The molecule has 0 unspecified atom stereocenters. The number of hydrogen-bond acceptors (Lipinski definition) is 4. The van der Waals surface area contributed by atoms with Gasteiger partial charge in [0.05, 0.1) is 12.8 Å². The Morgan fingerprint density at radius 1 is 1.04 bits per heavy atom. The molecule has 0 aliphatic heterocycles. The third-order valence-corrected chi connectivity index (χ3v) is 3.21. The number of para-hydroxylation sites is 1. The molecule has 0 saturated heterocycles. The van der Waals surface area contributed by atoms with E-state index in [4.69, 9.17) is 4.74 Å². The third kappa shape index (κ3) is 6.87. The molecule has 6 nitrogen and oxygen atoms in total. The SMILES string of the molecule is CCOc1cccc(C=NNC(=O)CCC(=O)Nc2ccccc2)c1. The smallest absolute Gasteiger partial charge is 0.240 e. The zero-order valence-electron chi connectivity index (χ0n) is 14.1. The van der Waals surface area contributed by atoms with E-state index in [9.17, 15) is 9.59 Å². The van der Waals surface area contributed by atoms with Crippen LogP contribution in [0.25, 0.3) is 0 Å². The molecule has 2 aromatic carbocycles. The van der Waals surface area contributed by atoms with Crippen molar-refractivity contribution in [2.45, 2.75) is 19.8 Å². The van der Waals surface area contributed by atoms with E-state index in [1.165, 1.54) is 6.21 Å². The Bertz CT molecular complexity index is 730. The number of carbonyl (C=O) groups is 2. The number of amides is 2. The van der Waals surface area contributed by atoms with E-state index >= 15 is 0 Å². The number of carbonyl (C=O) groups excluding carboxylic acids is 2. The second-order valence-corrected chi connectivity index (χ2v) is 5.21. The minimum absolute atomic E-state index is 0.0645. The fourth-order valence-electron chi connectivity index (χ4n) is 2.06. The minimum atomic E-state index is -0.319. The van der Waals surface area contributed by atoms with E-state index in [-0.39, 0.29) is 24.7 Å². The standard InChI is InChI=1S/C19H21N3O3/c1-2-25-17-10-6-7-15(13-17)14-20-22-19(24)12-11-18(23)21-16-8-4-3-5-9-16/h3-10,13-14H,2,11-12H2,1H3,(H,21,23)(H,22,24). The van der Waals surface area contributed by atoms with E-state index in [1.807, 2.05) is 49.4 Å². The van der Waals surface area contributed by atoms with Gasteiger partial charge in [-0.05, 0) is 36.8 Å². The van der Waals surface area contributed by atoms with Crippen LogP contribution in [-0.2, 0) is 9.59 Å². The van der Waals surface area contributed by atoms with Crippen molar-refractivity contribution >= 4 is 23.7 Å². The van der Waals surface area contributed by atoms with Crippen molar-refractivity contribution in [2.24, 2.45) is 5.10 Å². The number of anilines is 1. The predicted octanol–water partition coefficient (Wildman–Crippen LogP) is 2.95. The molecule has 2 N–H and O–H groups in total. The molecule has 2 aromatic rings. The average molecular weight is 339 g/mol. The third-order valence-electron chi connectivity index (χ3n) is 3.21. The summed E-state index contributed by atoms with van der Waals surface area (Å²) in [7, 11) is 0. The van der Waals surface area contributed by atoms with Crippen molar-refractivity contribution in [3.8, 4) is 5.75 Å². The van der Waals surface area contributed by atoms with Crippen molar-refractivity contribution in [2.75, 3.05) is 11.9 Å². The van der Waals surface area contributed by atoms with Gasteiger partial charge in [-0.25, -0.2) is 5.43 Å². The number of hydrogen-bond donors (Lipinski definition) is 2. The highest BCUT2D eigenvalue weighted by atomic mass is 16.5. The van der Waals surface area contributed by atoms with E-state index < -0.39 is 0 Å². The summed E-state index contributed by atoms with van der Waals surface area (Å²) in [6, 6.07) is 16.5. The van der Waals surface area contributed by atoms with Gasteiger partial charge in [0.2, 0.25) is 11.8 Å². The Hall–Kier alpha value is -3.15. The van der Waals surface area contributed by atoms with Gasteiger partial charge in [-0.3, -0.25) is 9.59 Å². The van der Waals surface area contributed by atoms with Gasteiger partial charge in [0, 0.05) is 18.5 Å². The van der Waals surface area contributed by atoms with Gasteiger partial charge in [0.1, 0.15) is 5.75 Å². The Morgan fingerprint density at radius 3 is 2.56 bits per heavy atom. The van der Waals surface area contributed by atoms with Crippen molar-refractivity contribution < 1.29 is 14.3 Å². The summed E-state index contributed by atoms with van der Waals surface area (Å²) < 4.78 is 5.39. The topological polar surface area (TPSA) is 79.8 Å². The molecular formula is C19H21N3O3. The van der Waals surface area contributed by atoms with Gasteiger partial charge < -0.3 is 10.1 Å². The van der Waals surface area contributed by atoms with Gasteiger partial charge in [-0.2, -0.15) is 5.10 Å². The first-order valence-electron chi connectivity index (χ1n) is 8.07. The molecular weight excluding hydrogens is 318 g/mol. The van der Waals surface area contributed by atoms with E-state index in [0.29, 0.717) is 12.3 Å². The zero-order valence-corrected chi connectivity index (χ0v) is 14.1. The van der Waals surface area contributed by atoms with Crippen LogP contribution in [0.5, 0.6) is 5.75 Å². The Balaban J connectivity index is 1.73. The lowest BCUT2D eigenvalue weighted by Gasteiger charge is -2.04. The fraction of sp³-hybridized carbons (Fsp3) is 0.211. The quantitative estimate of drug-likeness (QED) is 0.573. The maximum atomic E-state index is 11.8. The van der Waals surface area contributed by atoms with Crippen molar-refractivity contribution in [3.05, 3.63) is 60.2 Å². The van der Waals surface area contributed by atoms with Gasteiger partial charge in [-0.1, -0.05) is 30.3 Å². The van der Waals surface area contributed by atoms with Crippen molar-refractivity contribution in [1.82, 2.24) is 5.43 Å². The van der Waals surface area contributed by atoms with Crippen LogP contribution in [0.4, 0.5) is 5.69 Å². The molecule has 0 spiro atoms. The van der Waals surface area contributed by atoms with Crippen LogP contribution in [0.1, 0.15) is 25.3 Å². The lowest BCUT2D eigenvalue weighted by atomic mass is 10.2. The lowest BCUT2D eigenvalue weighted by Crippen LogP contribution is -2.20. The van der Waals surface area contributed by atoms with Crippen LogP contribution in [0, 0.1) is 0 Å². The van der Waals surface area contributed by atoms with Crippen LogP contribution >= 0.6 is 0 Å². The first kappa shape index (κ1) is 18.2. The summed E-state index contributed by atoms with van der Waals surface area (Å²) in [4.78, 5) is 23.5. The first-order chi connectivity index (χ1) is 12.2. The predicted molar refractivity (Wildman–Crippen MR) is 97.7 cm³/mol. The van der Waals surface area contributed by atoms with E-state index in [0.717, 1.165) is 11.3 Å². The number of benzene rings is 2. The minimum Gasteiger partial charge on any atom is -0.494 e. The molecule has 0 atom stereocenters. The summed E-state index contributed by atoms with van der Waals surface area (Å²) in [5.74, 6) is 0.213. The second-order valence-electron chi connectivity index (χ2n) is 5.21. The highest BCUT2D eigenvalue weighted by Crippen LogP contribution is 2.11. The number of ether oxygens (including phenoxy) is 1. The lowest BCUT2D eigenvalue weighted by molar-refractivity contribution is -0.124. The second kappa shape index (κ2) is 9.87. The monoisotopic (exact) mass is 339 g/mol. The normalized spacial score (nSPS) is 10.4. The van der Waals surface area contributed by atoms with Gasteiger partial charge >= 0.3 is 0 Å². The van der Waals surface area contributed by atoms with Crippen molar-refractivity contribution in [1.29, 1.82) is 0 Å². The Morgan fingerprint density at radius 2 is 1.80 bits per heavy atom. The molecule has 25 heavy (non-hydrogen) atoms. The zero-order chi connectivity index (χ0) is 17.9. The number of rotatable bonds is 8. The molecule has 0 heterocycles.